The zero-order valence-corrected chi connectivity index (χ0v) is 30.9. The standard InChI is InChI=1S/C43H49N5O6/c1-48(2)25-22-33(23-26-48)54-43(53)46-37-27-30(12-16-34(37)31-8-4-3-5-9-31)13-20-40(51)45-32-14-10-29(11-15-32)7-6-24-44-28-39(50)35-17-19-38(49)42-36(35)18-21-41(52)47-42/h3-5,8-12,14-19,21,27,33,39,44,50H,6-7,13,20,22-26,28H2,1-2H3,(H3-,45,46,47,49,51,52,53)/p+1/t39-/m0/s1. The summed E-state index contributed by atoms with van der Waals surface area (Å²) in [6.45, 7) is 2.94. The summed E-state index contributed by atoms with van der Waals surface area (Å²) in [5, 5.41) is 30.7. The summed E-state index contributed by atoms with van der Waals surface area (Å²) in [6.07, 6.45) is 2.75. The van der Waals surface area contributed by atoms with Gasteiger partial charge in [0.1, 0.15) is 11.9 Å². The number of phenolic OH excluding ortho intramolecular Hbond substituents is 1. The van der Waals surface area contributed by atoms with Gasteiger partial charge in [-0.15, -0.1) is 0 Å². The molecule has 54 heavy (non-hydrogen) atoms. The molecule has 1 saturated heterocycles. The molecule has 0 aliphatic carbocycles. The first kappa shape index (κ1) is 38.2. The molecular formula is C43H50N5O6+. The van der Waals surface area contributed by atoms with Crippen LogP contribution in [0.15, 0.2) is 102 Å². The van der Waals surface area contributed by atoms with Crippen LogP contribution in [0.25, 0.3) is 22.0 Å². The summed E-state index contributed by atoms with van der Waals surface area (Å²) < 4.78 is 6.75. The van der Waals surface area contributed by atoms with Crippen molar-refractivity contribution in [3.63, 3.8) is 0 Å². The molecule has 1 aliphatic rings. The third kappa shape index (κ3) is 10.3. The highest BCUT2D eigenvalue weighted by Crippen LogP contribution is 2.31. The maximum absolute atomic E-state index is 13.0. The number of carbonyl (C=O) groups excluding carboxylic acids is 2. The first-order valence-electron chi connectivity index (χ1n) is 18.6. The van der Waals surface area contributed by atoms with E-state index >= 15 is 0 Å². The van der Waals surface area contributed by atoms with E-state index in [0.717, 1.165) is 71.2 Å². The lowest BCUT2D eigenvalue weighted by atomic mass is 9.99. The highest BCUT2D eigenvalue weighted by Gasteiger charge is 2.28. The number of rotatable bonds is 14. The van der Waals surface area contributed by atoms with Gasteiger partial charge < -0.3 is 35.1 Å². The number of aryl methyl sites for hydroxylation is 2. The van der Waals surface area contributed by atoms with Gasteiger partial charge in [0, 0.05) is 48.5 Å². The number of pyridine rings is 1. The molecule has 282 valence electrons. The van der Waals surface area contributed by atoms with E-state index in [1.54, 1.807) is 12.1 Å². The van der Waals surface area contributed by atoms with Gasteiger partial charge in [-0.2, -0.15) is 0 Å². The van der Waals surface area contributed by atoms with Crippen molar-refractivity contribution in [2.45, 2.75) is 50.7 Å². The Labute approximate surface area is 315 Å². The fourth-order valence-corrected chi connectivity index (χ4v) is 6.92. The number of aromatic amines is 1. The van der Waals surface area contributed by atoms with Gasteiger partial charge >= 0.3 is 6.09 Å². The number of piperidine rings is 1. The number of likely N-dealkylation sites (tertiary alicyclic amines) is 1. The second-order valence-electron chi connectivity index (χ2n) is 14.7. The number of anilines is 2. The summed E-state index contributed by atoms with van der Waals surface area (Å²) >= 11 is 0. The van der Waals surface area contributed by atoms with Crippen molar-refractivity contribution >= 4 is 34.3 Å². The number of hydrogen-bond donors (Lipinski definition) is 6. The number of aromatic nitrogens is 1. The van der Waals surface area contributed by atoms with Gasteiger partial charge in [-0.3, -0.25) is 14.9 Å². The van der Waals surface area contributed by atoms with Crippen molar-refractivity contribution < 1.29 is 29.0 Å². The van der Waals surface area contributed by atoms with Crippen LogP contribution >= 0.6 is 0 Å². The molecular weight excluding hydrogens is 683 g/mol. The van der Waals surface area contributed by atoms with Gasteiger partial charge in [-0.25, -0.2) is 4.79 Å². The summed E-state index contributed by atoms with van der Waals surface area (Å²) in [5.74, 6) is -0.137. The van der Waals surface area contributed by atoms with Crippen molar-refractivity contribution in [2.24, 2.45) is 0 Å². The third-order valence-corrected chi connectivity index (χ3v) is 10.1. The molecule has 11 heteroatoms. The number of quaternary nitrogens is 1. The molecule has 4 aromatic carbocycles. The van der Waals surface area contributed by atoms with Crippen LogP contribution in [-0.2, 0) is 22.4 Å². The van der Waals surface area contributed by atoms with Gasteiger partial charge in [0.25, 0.3) is 0 Å². The van der Waals surface area contributed by atoms with Crippen LogP contribution in [0.1, 0.15) is 48.5 Å². The molecule has 1 aliphatic heterocycles. The SMILES string of the molecule is C[N+]1(C)CCC(OC(=O)Nc2cc(CCC(=O)Nc3ccc(CCCNC[C@H](O)c4ccc(O)c5[nH]c(=O)ccc45)cc3)ccc2-c2ccccc2)CC1. The average molecular weight is 733 g/mol. The Balaban J connectivity index is 0.957. The Morgan fingerprint density at radius 2 is 1.63 bits per heavy atom. The second-order valence-corrected chi connectivity index (χ2v) is 14.7. The zero-order chi connectivity index (χ0) is 38.1. The van der Waals surface area contributed by atoms with Crippen molar-refractivity contribution in [1.29, 1.82) is 0 Å². The Morgan fingerprint density at radius 3 is 2.39 bits per heavy atom. The number of benzene rings is 4. The molecule has 0 unspecified atom stereocenters. The molecule has 1 atom stereocenters. The molecule has 6 rings (SSSR count). The van der Waals surface area contributed by atoms with E-state index < -0.39 is 12.2 Å². The number of phenols is 1. The molecule has 1 fully saturated rings. The number of nitrogens with zero attached hydrogens (tertiary/aromatic N) is 1. The minimum absolute atomic E-state index is 0.0383. The van der Waals surface area contributed by atoms with Crippen LogP contribution in [-0.4, -0.2) is 78.1 Å². The van der Waals surface area contributed by atoms with Crippen LogP contribution in [0.5, 0.6) is 5.75 Å². The van der Waals surface area contributed by atoms with E-state index in [-0.39, 0.29) is 29.7 Å². The van der Waals surface area contributed by atoms with Crippen molar-refractivity contribution in [2.75, 3.05) is 50.9 Å². The predicted octanol–water partition coefficient (Wildman–Crippen LogP) is 6.52. The first-order chi connectivity index (χ1) is 26.0. The molecule has 2 heterocycles. The highest BCUT2D eigenvalue weighted by atomic mass is 16.6. The van der Waals surface area contributed by atoms with Gasteiger partial charge in [-0.1, -0.05) is 60.7 Å². The second kappa shape index (κ2) is 17.6. The summed E-state index contributed by atoms with van der Waals surface area (Å²) in [5.41, 5.74) is 5.93. The maximum Gasteiger partial charge on any atom is 0.411 e. The van der Waals surface area contributed by atoms with Crippen LogP contribution in [0.3, 0.4) is 0 Å². The lowest BCUT2D eigenvalue weighted by Gasteiger charge is -2.36. The first-order valence-corrected chi connectivity index (χ1v) is 18.6. The molecule has 1 aromatic heterocycles. The number of amides is 2. The minimum atomic E-state index is -0.809. The van der Waals surface area contributed by atoms with E-state index in [2.05, 4.69) is 35.0 Å². The van der Waals surface area contributed by atoms with Gasteiger partial charge in [-0.05, 0) is 78.4 Å². The highest BCUT2D eigenvalue weighted by molar-refractivity contribution is 5.93. The molecule has 0 bridgehead atoms. The van der Waals surface area contributed by atoms with Crippen LogP contribution in [0.4, 0.5) is 16.2 Å². The number of aliphatic hydroxyl groups is 1. The number of H-pyrrole nitrogens is 1. The average Bonchev–Trinajstić information content (AvgIpc) is 3.16. The molecule has 11 nitrogen and oxygen atoms in total. The number of nitrogens with one attached hydrogen (secondary N) is 4. The maximum atomic E-state index is 13.0. The molecule has 5 aromatic rings. The fraction of sp³-hybridized carbons (Fsp3) is 0.326. The molecule has 2 amide bonds. The van der Waals surface area contributed by atoms with E-state index in [1.807, 2.05) is 72.8 Å². The smallest absolute Gasteiger partial charge is 0.411 e. The molecule has 6 N–H and O–H groups in total. The Kier molecular flexibility index (Phi) is 12.4. The largest absolute Gasteiger partial charge is 0.506 e. The van der Waals surface area contributed by atoms with Gasteiger partial charge in [0.15, 0.2) is 0 Å². The monoisotopic (exact) mass is 732 g/mol. The minimum Gasteiger partial charge on any atom is -0.506 e. The number of ether oxygens (including phenoxy) is 1. The predicted molar refractivity (Wildman–Crippen MR) is 213 cm³/mol. The van der Waals surface area contributed by atoms with Crippen molar-refractivity contribution in [1.82, 2.24) is 10.3 Å². The molecule has 0 radical (unpaired) electrons. The van der Waals surface area contributed by atoms with Crippen LogP contribution in [0, 0.1) is 0 Å². The Morgan fingerprint density at radius 1 is 0.889 bits per heavy atom. The third-order valence-electron chi connectivity index (χ3n) is 10.1. The van der Waals surface area contributed by atoms with E-state index in [1.165, 1.54) is 12.1 Å². The number of aliphatic hydroxyl groups excluding tert-OH is 1. The quantitative estimate of drug-likeness (QED) is 0.0562. The zero-order valence-electron chi connectivity index (χ0n) is 30.9. The van der Waals surface area contributed by atoms with Crippen molar-refractivity contribution in [3.8, 4) is 16.9 Å². The van der Waals surface area contributed by atoms with Gasteiger partial charge in [0.05, 0.1) is 44.5 Å². The van der Waals surface area contributed by atoms with E-state index in [0.29, 0.717) is 41.7 Å². The Bertz CT molecular complexity index is 2110. The number of hydrogen-bond acceptors (Lipinski definition) is 7. The summed E-state index contributed by atoms with van der Waals surface area (Å²) in [7, 11) is 4.39. The Hall–Kier alpha value is -5.49. The summed E-state index contributed by atoms with van der Waals surface area (Å²) in [6, 6.07) is 29.7. The van der Waals surface area contributed by atoms with Gasteiger partial charge in [0.2, 0.25) is 11.5 Å². The fourth-order valence-electron chi connectivity index (χ4n) is 6.92. The van der Waals surface area contributed by atoms with E-state index in [4.69, 9.17) is 4.74 Å². The molecule has 0 saturated carbocycles. The summed E-state index contributed by atoms with van der Waals surface area (Å²) in [4.78, 5) is 40.2. The molecule has 0 spiro atoms. The lowest BCUT2D eigenvalue weighted by Crippen LogP contribution is -2.48. The number of carbonyl (C=O) groups is 2. The van der Waals surface area contributed by atoms with Crippen molar-refractivity contribution in [3.05, 3.63) is 124 Å². The van der Waals surface area contributed by atoms with E-state index in [9.17, 15) is 24.6 Å². The van der Waals surface area contributed by atoms with Crippen LogP contribution < -0.4 is 21.5 Å². The number of aromatic hydroxyl groups is 1. The topological polar surface area (TPSA) is 153 Å². The van der Waals surface area contributed by atoms with Crippen LogP contribution in [0.2, 0.25) is 0 Å². The normalized spacial score (nSPS) is 14.7. The lowest BCUT2D eigenvalue weighted by molar-refractivity contribution is -0.896. The number of fused-ring (bicyclic) bond motifs is 1.